The number of aromatic nitrogens is 1. The minimum Gasteiger partial charge on any atom is -0.384 e. The average Bonchev–Trinajstić information content (AvgIpc) is 2.09. The first-order valence-electron chi connectivity index (χ1n) is 4.18. The topological polar surface area (TPSA) is 24.9 Å². The normalized spacial score (nSPS) is 9.83. The third-order valence-corrected chi connectivity index (χ3v) is 1.81. The zero-order valence-corrected chi connectivity index (χ0v) is 7.93. The molecule has 1 heterocycles. The van der Waals surface area contributed by atoms with Gasteiger partial charge < -0.3 is 5.32 Å². The Bertz CT molecular complexity index is 220. The van der Waals surface area contributed by atoms with E-state index in [9.17, 15) is 0 Å². The molecule has 0 aliphatic rings. The first-order chi connectivity index (χ1) is 5.83. The van der Waals surface area contributed by atoms with Gasteiger partial charge in [0.1, 0.15) is 5.15 Å². The van der Waals surface area contributed by atoms with Gasteiger partial charge in [-0.15, -0.1) is 0 Å². The molecule has 1 rings (SSSR count). The van der Waals surface area contributed by atoms with Crippen molar-refractivity contribution >= 4 is 17.3 Å². The molecule has 0 atom stereocenters. The molecule has 0 amide bonds. The maximum Gasteiger partial charge on any atom is 0.129 e. The first-order valence-corrected chi connectivity index (χ1v) is 4.56. The molecular weight excluding hydrogens is 172 g/mol. The van der Waals surface area contributed by atoms with E-state index in [2.05, 4.69) is 17.2 Å². The average molecular weight is 185 g/mol. The summed E-state index contributed by atoms with van der Waals surface area (Å²) in [6, 6.07) is 3.72. The number of hydrogen-bond donors (Lipinski definition) is 1. The van der Waals surface area contributed by atoms with Crippen molar-refractivity contribution in [3.8, 4) is 0 Å². The van der Waals surface area contributed by atoms with Gasteiger partial charge in [-0.05, 0) is 18.6 Å². The lowest BCUT2D eigenvalue weighted by atomic mass is 10.3. The maximum atomic E-state index is 5.63. The molecule has 0 aromatic carbocycles. The molecule has 0 aliphatic carbocycles. The van der Waals surface area contributed by atoms with Crippen molar-refractivity contribution in [2.24, 2.45) is 0 Å². The highest BCUT2D eigenvalue weighted by Gasteiger charge is 1.91. The van der Waals surface area contributed by atoms with Crippen LogP contribution in [-0.2, 0) is 0 Å². The van der Waals surface area contributed by atoms with Crippen molar-refractivity contribution in [3.63, 3.8) is 0 Å². The number of unbranched alkanes of at least 4 members (excludes halogenated alkanes) is 1. The Morgan fingerprint density at radius 3 is 2.92 bits per heavy atom. The van der Waals surface area contributed by atoms with E-state index in [0.29, 0.717) is 5.15 Å². The lowest BCUT2D eigenvalue weighted by Crippen LogP contribution is -2.00. The highest BCUT2D eigenvalue weighted by atomic mass is 35.5. The van der Waals surface area contributed by atoms with E-state index in [-0.39, 0.29) is 0 Å². The smallest absolute Gasteiger partial charge is 0.129 e. The number of pyridine rings is 1. The molecule has 0 unspecified atom stereocenters. The number of nitrogens with one attached hydrogen (secondary N) is 1. The Balaban J connectivity index is 2.37. The molecule has 1 aromatic rings. The summed E-state index contributed by atoms with van der Waals surface area (Å²) in [6.07, 6.45) is 4.13. The monoisotopic (exact) mass is 184 g/mol. The Morgan fingerprint density at radius 1 is 1.50 bits per heavy atom. The van der Waals surface area contributed by atoms with Crippen LogP contribution in [0.2, 0.25) is 5.15 Å². The number of hydrogen-bond acceptors (Lipinski definition) is 2. The van der Waals surface area contributed by atoms with E-state index < -0.39 is 0 Å². The van der Waals surface area contributed by atoms with Crippen LogP contribution in [-0.4, -0.2) is 11.5 Å². The van der Waals surface area contributed by atoms with Gasteiger partial charge in [0.25, 0.3) is 0 Å². The van der Waals surface area contributed by atoms with Crippen LogP contribution in [0.1, 0.15) is 19.8 Å². The standard InChI is InChI=1S/C9H13ClN2/c1-2-3-6-11-8-4-5-9(10)12-7-8/h4-5,7,11H,2-3,6H2,1H3. The number of anilines is 1. The van der Waals surface area contributed by atoms with E-state index in [1.165, 1.54) is 12.8 Å². The summed E-state index contributed by atoms with van der Waals surface area (Å²) < 4.78 is 0. The van der Waals surface area contributed by atoms with Gasteiger partial charge >= 0.3 is 0 Å². The van der Waals surface area contributed by atoms with Gasteiger partial charge in [0, 0.05) is 6.54 Å². The largest absolute Gasteiger partial charge is 0.384 e. The van der Waals surface area contributed by atoms with Crippen molar-refractivity contribution in [3.05, 3.63) is 23.5 Å². The summed E-state index contributed by atoms with van der Waals surface area (Å²) in [5.74, 6) is 0. The zero-order chi connectivity index (χ0) is 8.81. The molecule has 1 N–H and O–H groups in total. The molecule has 66 valence electrons. The number of halogens is 1. The van der Waals surface area contributed by atoms with Crippen LogP contribution in [0.5, 0.6) is 0 Å². The van der Waals surface area contributed by atoms with Gasteiger partial charge in [0.05, 0.1) is 11.9 Å². The number of rotatable bonds is 4. The van der Waals surface area contributed by atoms with Gasteiger partial charge in [-0.3, -0.25) is 0 Å². The van der Waals surface area contributed by atoms with Crippen molar-refractivity contribution in [2.75, 3.05) is 11.9 Å². The van der Waals surface area contributed by atoms with Crippen molar-refractivity contribution in [2.45, 2.75) is 19.8 Å². The fourth-order valence-corrected chi connectivity index (χ4v) is 1.00. The van der Waals surface area contributed by atoms with Crippen LogP contribution in [0, 0.1) is 0 Å². The minimum atomic E-state index is 0.538. The fourth-order valence-electron chi connectivity index (χ4n) is 0.890. The molecule has 0 spiro atoms. The quantitative estimate of drug-likeness (QED) is 0.575. The van der Waals surface area contributed by atoms with E-state index in [0.717, 1.165) is 12.2 Å². The predicted octanol–water partition coefficient (Wildman–Crippen LogP) is 2.95. The summed E-state index contributed by atoms with van der Waals surface area (Å²) in [6.45, 7) is 3.17. The molecule has 0 radical (unpaired) electrons. The predicted molar refractivity (Wildman–Crippen MR) is 52.6 cm³/mol. The second-order valence-electron chi connectivity index (χ2n) is 2.65. The van der Waals surface area contributed by atoms with Gasteiger partial charge in [-0.25, -0.2) is 4.98 Å². The molecular formula is C9H13ClN2. The lowest BCUT2D eigenvalue weighted by Gasteiger charge is -2.03. The van der Waals surface area contributed by atoms with Crippen LogP contribution in [0.15, 0.2) is 18.3 Å². The second-order valence-corrected chi connectivity index (χ2v) is 3.04. The van der Waals surface area contributed by atoms with Crippen LogP contribution >= 0.6 is 11.6 Å². The Morgan fingerprint density at radius 2 is 2.33 bits per heavy atom. The molecule has 1 aromatic heterocycles. The van der Waals surface area contributed by atoms with Crippen molar-refractivity contribution < 1.29 is 0 Å². The van der Waals surface area contributed by atoms with E-state index in [1.807, 2.05) is 6.07 Å². The summed E-state index contributed by atoms with van der Waals surface area (Å²) in [7, 11) is 0. The van der Waals surface area contributed by atoms with Gasteiger partial charge in [0.15, 0.2) is 0 Å². The van der Waals surface area contributed by atoms with Crippen molar-refractivity contribution in [1.29, 1.82) is 0 Å². The highest BCUT2D eigenvalue weighted by Crippen LogP contribution is 2.09. The molecule has 0 bridgehead atoms. The second kappa shape index (κ2) is 4.99. The van der Waals surface area contributed by atoms with Crippen LogP contribution in [0.25, 0.3) is 0 Å². The maximum absolute atomic E-state index is 5.63. The summed E-state index contributed by atoms with van der Waals surface area (Å²) >= 11 is 5.63. The number of nitrogens with zero attached hydrogens (tertiary/aromatic N) is 1. The zero-order valence-electron chi connectivity index (χ0n) is 7.18. The molecule has 0 fully saturated rings. The molecule has 0 saturated heterocycles. The third-order valence-electron chi connectivity index (χ3n) is 1.59. The Kier molecular flexibility index (Phi) is 3.88. The molecule has 0 saturated carbocycles. The Labute approximate surface area is 78.0 Å². The lowest BCUT2D eigenvalue weighted by molar-refractivity contribution is 0.834. The molecule has 0 aliphatic heterocycles. The highest BCUT2D eigenvalue weighted by molar-refractivity contribution is 6.29. The van der Waals surface area contributed by atoms with Gasteiger partial charge in [-0.2, -0.15) is 0 Å². The summed E-state index contributed by atoms with van der Waals surface area (Å²) in [5.41, 5.74) is 1.04. The summed E-state index contributed by atoms with van der Waals surface area (Å²) in [5, 5.41) is 3.79. The Hall–Kier alpha value is -0.760. The molecule has 12 heavy (non-hydrogen) atoms. The fraction of sp³-hybridized carbons (Fsp3) is 0.444. The van der Waals surface area contributed by atoms with Crippen LogP contribution in [0.4, 0.5) is 5.69 Å². The molecule has 3 heteroatoms. The molecule has 2 nitrogen and oxygen atoms in total. The van der Waals surface area contributed by atoms with Crippen molar-refractivity contribution in [1.82, 2.24) is 4.98 Å². The van der Waals surface area contributed by atoms with Crippen LogP contribution in [0.3, 0.4) is 0 Å². The van der Waals surface area contributed by atoms with Gasteiger partial charge in [-0.1, -0.05) is 24.9 Å². The SMILES string of the molecule is CCCCNc1ccc(Cl)nc1. The van der Waals surface area contributed by atoms with Gasteiger partial charge in [0.2, 0.25) is 0 Å². The van der Waals surface area contributed by atoms with Crippen LogP contribution < -0.4 is 5.32 Å². The van der Waals surface area contributed by atoms with E-state index >= 15 is 0 Å². The first kappa shape index (κ1) is 9.33. The third kappa shape index (κ3) is 3.09. The van der Waals surface area contributed by atoms with E-state index in [1.54, 1.807) is 12.3 Å². The minimum absolute atomic E-state index is 0.538. The van der Waals surface area contributed by atoms with E-state index in [4.69, 9.17) is 11.6 Å². The summed E-state index contributed by atoms with van der Waals surface area (Å²) in [4.78, 5) is 3.96.